The van der Waals surface area contributed by atoms with Crippen molar-refractivity contribution in [3.05, 3.63) is 29.0 Å². The van der Waals surface area contributed by atoms with Crippen molar-refractivity contribution in [2.24, 2.45) is 0 Å². The Morgan fingerprint density at radius 1 is 1.45 bits per heavy atom. The number of hydrogen-bond acceptors (Lipinski definition) is 3. The van der Waals surface area contributed by atoms with Crippen molar-refractivity contribution in [3.63, 3.8) is 0 Å². The van der Waals surface area contributed by atoms with Crippen LogP contribution in [0.1, 0.15) is 19.3 Å². The van der Waals surface area contributed by atoms with E-state index in [0.717, 1.165) is 12.5 Å². The molecule has 20 heavy (non-hydrogen) atoms. The monoisotopic (exact) mass is 301 g/mol. The van der Waals surface area contributed by atoms with Crippen molar-refractivity contribution in [3.8, 4) is 5.75 Å². The summed E-state index contributed by atoms with van der Waals surface area (Å²) in [5.41, 5.74) is -1.17. The van der Waals surface area contributed by atoms with Crippen LogP contribution >= 0.6 is 11.6 Å². The fourth-order valence-corrected chi connectivity index (χ4v) is 2.11. The largest absolute Gasteiger partial charge is 0.484 e. The normalized spacial score (nSPS) is 16.1. The Hall–Kier alpha value is -1.82. The van der Waals surface area contributed by atoms with Gasteiger partial charge in [-0.3, -0.25) is 4.79 Å². The summed E-state index contributed by atoms with van der Waals surface area (Å²) in [4.78, 5) is 22.8. The lowest BCUT2D eigenvalue weighted by Crippen LogP contribution is -2.59. The number of nitrogens with one attached hydrogen (secondary N) is 1. The minimum atomic E-state index is -1.17. The number of aliphatic carboxylic acids is 1. The van der Waals surface area contributed by atoms with Crippen LogP contribution in [-0.2, 0) is 9.59 Å². The molecule has 7 heteroatoms. The number of carboxylic acid groups (broad SMARTS) is 1. The fourth-order valence-electron chi connectivity index (χ4n) is 1.94. The van der Waals surface area contributed by atoms with Gasteiger partial charge in [0, 0.05) is 6.07 Å². The zero-order chi connectivity index (χ0) is 14.8. The van der Waals surface area contributed by atoms with Gasteiger partial charge in [-0.05, 0) is 31.4 Å². The summed E-state index contributed by atoms with van der Waals surface area (Å²) < 4.78 is 18.1. The van der Waals surface area contributed by atoms with E-state index in [4.69, 9.17) is 21.4 Å². The molecule has 2 N–H and O–H groups in total. The molecule has 2 rings (SSSR count). The third kappa shape index (κ3) is 3.01. The van der Waals surface area contributed by atoms with E-state index in [0.29, 0.717) is 12.8 Å². The molecule has 5 nitrogen and oxygen atoms in total. The van der Waals surface area contributed by atoms with Gasteiger partial charge in [-0.15, -0.1) is 0 Å². The molecule has 108 valence electrons. The van der Waals surface area contributed by atoms with Crippen LogP contribution in [0.4, 0.5) is 4.39 Å². The molecule has 0 spiro atoms. The second kappa shape index (κ2) is 5.66. The Balaban J connectivity index is 1.89. The molecule has 1 aliphatic carbocycles. The van der Waals surface area contributed by atoms with Crippen molar-refractivity contribution in [1.29, 1.82) is 0 Å². The summed E-state index contributed by atoms with van der Waals surface area (Å²) in [5, 5.41) is 11.4. The first-order valence-electron chi connectivity index (χ1n) is 6.05. The molecule has 1 amide bonds. The molecule has 0 radical (unpaired) electrons. The second-order valence-electron chi connectivity index (χ2n) is 4.65. The van der Waals surface area contributed by atoms with E-state index in [1.165, 1.54) is 12.1 Å². The van der Waals surface area contributed by atoms with Crippen LogP contribution in [0, 0.1) is 5.82 Å². The first-order valence-corrected chi connectivity index (χ1v) is 6.43. The molecule has 1 fully saturated rings. The number of carbonyl (C=O) groups is 2. The Morgan fingerprint density at radius 2 is 2.15 bits per heavy atom. The number of ether oxygens (including phenoxy) is 1. The van der Waals surface area contributed by atoms with Crippen LogP contribution in [0.2, 0.25) is 5.02 Å². The molecule has 0 aliphatic heterocycles. The van der Waals surface area contributed by atoms with E-state index in [1.807, 2.05) is 0 Å². The van der Waals surface area contributed by atoms with Gasteiger partial charge < -0.3 is 15.2 Å². The lowest BCUT2D eigenvalue weighted by atomic mass is 9.77. The molecule has 0 unspecified atom stereocenters. The number of carboxylic acids is 1. The fraction of sp³-hybridized carbons (Fsp3) is 0.385. The van der Waals surface area contributed by atoms with Gasteiger partial charge in [-0.25, -0.2) is 9.18 Å². The van der Waals surface area contributed by atoms with Gasteiger partial charge in [0.15, 0.2) is 6.61 Å². The van der Waals surface area contributed by atoms with E-state index in [-0.39, 0.29) is 17.4 Å². The van der Waals surface area contributed by atoms with Crippen LogP contribution in [0.25, 0.3) is 0 Å². The minimum Gasteiger partial charge on any atom is -0.484 e. The maximum atomic E-state index is 12.9. The predicted octanol–water partition coefficient (Wildman–Crippen LogP) is 1.98. The summed E-state index contributed by atoms with van der Waals surface area (Å²) in [5.74, 6) is -1.92. The Kier molecular flexibility index (Phi) is 4.13. The van der Waals surface area contributed by atoms with E-state index < -0.39 is 23.2 Å². The summed E-state index contributed by atoms with van der Waals surface area (Å²) in [6.45, 7) is -0.350. The van der Waals surface area contributed by atoms with Crippen molar-refractivity contribution in [2.45, 2.75) is 24.8 Å². The number of benzene rings is 1. The maximum absolute atomic E-state index is 12.9. The minimum absolute atomic E-state index is 0.107. The highest BCUT2D eigenvalue weighted by molar-refractivity contribution is 6.30. The van der Waals surface area contributed by atoms with Crippen molar-refractivity contribution >= 4 is 23.5 Å². The number of halogens is 2. The van der Waals surface area contributed by atoms with Crippen LogP contribution in [0.5, 0.6) is 5.75 Å². The summed E-state index contributed by atoms with van der Waals surface area (Å²) in [6, 6.07) is 3.71. The van der Waals surface area contributed by atoms with Gasteiger partial charge in [0.25, 0.3) is 5.91 Å². The van der Waals surface area contributed by atoms with Gasteiger partial charge in [-0.1, -0.05) is 11.6 Å². The van der Waals surface area contributed by atoms with Gasteiger partial charge >= 0.3 is 5.97 Å². The highest BCUT2D eigenvalue weighted by Crippen LogP contribution is 2.32. The molecule has 1 aliphatic rings. The molecule has 0 atom stereocenters. The number of amides is 1. The third-order valence-electron chi connectivity index (χ3n) is 3.26. The smallest absolute Gasteiger partial charge is 0.329 e. The van der Waals surface area contributed by atoms with Gasteiger partial charge in [0.1, 0.15) is 17.1 Å². The average molecular weight is 302 g/mol. The van der Waals surface area contributed by atoms with E-state index in [2.05, 4.69) is 5.32 Å². The molecule has 1 aromatic carbocycles. The van der Waals surface area contributed by atoms with Gasteiger partial charge in [-0.2, -0.15) is 0 Å². The molecule has 0 heterocycles. The molecule has 1 saturated carbocycles. The Bertz CT molecular complexity index is 545. The molecule has 1 aromatic rings. The van der Waals surface area contributed by atoms with Crippen molar-refractivity contribution in [1.82, 2.24) is 5.32 Å². The van der Waals surface area contributed by atoms with Crippen LogP contribution in [0.15, 0.2) is 18.2 Å². The highest BCUT2D eigenvalue weighted by atomic mass is 35.5. The zero-order valence-corrected chi connectivity index (χ0v) is 11.2. The number of hydrogen-bond donors (Lipinski definition) is 2. The quantitative estimate of drug-likeness (QED) is 0.872. The molecule has 0 aromatic heterocycles. The molecular weight excluding hydrogens is 289 g/mol. The van der Waals surface area contributed by atoms with Crippen molar-refractivity contribution < 1.29 is 23.8 Å². The van der Waals surface area contributed by atoms with Gasteiger partial charge in [0.2, 0.25) is 0 Å². The maximum Gasteiger partial charge on any atom is 0.329 e. The molecular formula is C13H13ClFNO4. The predicted molar refractivity (Wildman–Crippen MR) is 69.3 cm³/mol. The summed E-state index contributed by atoms with van der Waals surface area (Å²) in [7, 11) is 0. The first-order chi connectivity index (χ1) is 9.43. The summed E-state index contributed by atoms with van der Waals surface area (Å²) >= 11 is 5.58. The topological polar surface area (TPSA) is 75.6 Å². The van der Waals surface area contributed by atoms with E-state index in [1.54, 1.807) is 0 Å². The second-order valence-corrected chi connectivity index (χ2v) is 5.06. The summed E-state index contributed by atoms with van der Waals surface area (Å²) in [6.07, 6.45) is 1.59. The SMILES string of the molecule is O=C(COc1ccc(F)c(Cl)c1)NC1(C(=O)O)CCC1. The average Bonchev–Trinajstić information content (AvgIpc) is 2.35. The molecule has 0 saturated heterocycles. The third-order valence-corrected chi connectivity index (χ3v) is 3.55. The van der Waals surface area contributed by atoms with Crippen LogP contribution < -0.4 is 10.1 Å². The van der Waals surface area contributed by atoms with E-state index in [9.17, 15) is 14.0 Å². The lowest BCUT2D eigenvalue weighted by Gasteiger charge is -2.38. The van der Waals surface area contributed by atoms with E-state index >= 15 is 0 Å². The van der Waals surface area contributed by atoms with Crippen molar-refractivity contribution in [2.75, 3.05) is 6.61 Å². The van der Waals surface area contributed by atoms with Crippen LogP contribution in [-0.4, -0.2) is 29.1 Å². The lowest BCUT2D eigenvalue weighted by molar-refractivity contribution is -0.152. The highest BCUT2D eigenvalue weighted by Gasteiger charge is 2.45. The zero-order valence-electron chi connectivity index (χ0n) is 10.5. The first kappa shape index (κ1) is 14.6. The van der Waals surface area contributed by atoms with Crippen LogP contribution in [0.3, 0.4) is 0 Å². The number of rotatable bonds is 5. The van der Waals surface area contributed by atoms with Gasteiger partial charge in [0.05, 0.1) is 5.02 Å². The Labute approximate surface area is 119 Å². The Morgan fingerprint density at radius 3 is 2.65 bits per heavy atom. The number of carbonyl (C=O) groups excluding carboxylic acids is 1. The standard InChI is InChI=1S/C13H13ClFNO4/c14-9-6-8(2-3-10(9)15)20-7-11(17)16-13(12(18)19)4-1-5-13/h2-3,6H,1,4-5,7H2,(H,16,17)(H,18,19). The molecule has 0 bridgehead atoms.